The summed E-state index contributed by atoms with van der Waals surface area (Å²) in [7, 11) is 0. The fourth-order valence-electron chi connectivity index (χ4n) is 1.17. The van der Waals surface area contributed by atoms with Crippen molar-refractivity contribution >= 4 is 0 Å². The van der Waals surface area contributed by atoms with E-state index in [1.54, 1.807) is 6.20 Å². The smallest absolute Gasteiger partial charge is 0.197 e. The van der Waals surface area contributed by atoms with Crippen molar-refractivity contribution in [1.82, 2.24) is 15.0 Å². The van der Waals surface area contributed by atoms with Crippen LogP contribution in [-0.4, -0.2) is 15.0 Å². The van der Waals surface area contributed by atoms with E-state index < -0.39 is 0 Å². The summed E-state index contributed by atoms with van der Waals surface area (Å²) < 4.78 is 5.11. The zero-order valence-electron chi connectivity index (χ0n) is 9.06. The Morgan fingerprint density at radius 1 is 1.07 bits per heavy atom. The number of oxazole rings is 1. The van der Waals surface area contributed by atoms with Crippen LogP contribution < -0.4 is 0 Å². The van der Waals surface area contributed by atoms with Crippen LogP contribution >= 0.6 is 0 Å². The van der Waals surface area contributed by atoms with Crippen molar-refractivity contribution in [3.05, 3.63) is 30.5 Å². The molecule has 0 radical (unpaired) electrons. The van der Waals surface area contributed by atoms with Crippen LogP contribution in [0.4, 0.5) is 0 Å². The zero-order valence-corrected chi connectivity index (χ0v) is 9.06. The van der Waals surface area contributed by atoms with E-state index in [2.05, 4.69) is 35.7 Å². The van der Waals surface area contributed by atoms with Gasteiger partial charge in [-0.05, 0) is 11.0 Å². The fraction of sp³-hybridized carbons (Fsp3) is 0.364. The maximum absolute atomic E-state index is 5.11. The van der Waals surface area contributed by atoms with Gasteiger partial charge in [-0.25, -0.2) is 15.0 Å². The topological polar surface area (TPSA) is 51.8 Å². The largest absolute Gasteiger partial charge is 0.440 e. The molecule has 2 aromatic rings. The third kappa shape index (κ3) is 2.03. The molecule has 0 N–H and O–H groups in total. The lowest BCUT2D eigenvalue weighted by Gasteiger charge is -2.17. The molecule has 0 aliphatic carbocycles. The fourth-order valence-corrected chi connectivity index (χ4v) is 1.17. The van der Waals surface area contributed by atoms with Gasteiger partial charge in [-0.2, -0.15) is 0 Å². The molecule has 2 rings (SSSR count). The summed E-state index contributed by atoms with van der Waals surface area (Å²) in [6.45, 7) is 6.37. The Hall–Kier alpha value is -1.71. The van der Waals surface area contributed by atoms with Gasteiger partial charge in [0.1, 0.15) is 0 Å². The minimum absolute atomic E-state index is 0.0694. The standard InChI is InChI=1S/C11H13N3O/c1-11(2,3)8-4-13-10(14-5-8)9-6-12-7-15-9/h4-7H,1-3H3. The molecule has 0 saturated carbocycles. The molecule has 0 saturated heterocycles. The molecule has 0 unspecified atom stereocenters. The molecule has 0 aromatic carbocycles. The first-order chi connectivity index (χ1) is 7.07. The van der Waals surface area contributed by atoms with Gasteiger partial charge in [-0.3, -0.25) is 0 Å². The van der Waals surface area contributed by atoms with Crippen molar-refractivity contribution in [2.45, 2.75) is 26.2 Å². The van der Waals surface area contributed by atoms with Crippen molar-refractivity contribution in [3.8, 4) is 11.6 Å². The Morgan fingerprint density at radius 3 is 2.20 bits per heavy atom. The highest BCUT2D eigenvalue weighted by Gasteiger charge is 2.15. The Morgan fingerprint density at radius 2 is 1.73 bits per heavy atom. The number of hydrogen-bond acceptors (Lipinski definition) is 4. The van der Waals surface area contributed by atoms with Crippen LogP contribution in [0.5, 0.6) is 0 Å². The highest BCUT2D eigenvalue weighted by molar-refractivity contribution is 5.43. The average Bonchev–Trinajstić information content (AvgIpc) is 2.69. The minimum Gasteiger partial charge on any atom is -0.440 e. The molecule has 4 heteroatoms. The summed E-state index contributed by atoms with van der Waals surface area (Å²) in [6.07, 6.45) is 6.62. The first-order valence-corrected chi connectivity index (χ1v) is 4.79. The van der Waals surface area contributed by atoms with E-state index in [1.165, 1.54) is 6.39 Å². The summed E-state index contributed by atoms with van der Waals surface area (Å²) >= 11 is 0. The van der Waals surface area contributed by atoms with E-state index in [-0.39, 0.29) is 5.41 Å². The second-order valence-electron chi connectivity index (χ2n) is 4.41. The molecule has 15 heavy (non-hydrogen) atoms. The Kier molecular flexibility index (Phi) is 2.26. The number of nitrogens with zero attached hydrogens (tertiary/aromatic N) is 3. The predicted molar refractivity (Wildman–Crippen MR) is 56.2 cm³/mol. The summed E-state index contributed by atoms with van der Waals surface area (Å²) in [5.41, 5.74) is 1.17. The molecule has 4 nitrogen and oxygen atoms in total. The van der Waals surface area contributed by atoms with Gasteiger partial charge in [0, 0.05) is 12.4 Å². The zero-order chi connectivity index (χ0) is 10.9. The quantitative estimate of drug-likeness (QED) is 0.714. The highest BCUT2D eigenvalue weighted by Crippen LogP contribution is 2.21. The van der Waals surface area contributed by atoms with E-state index in [4.69, 9.17) is 4.42 Å². The monoisotopic (exact) mass is 203 g/mol. The number of hydrogen-bond donors (Lipinski definition) is 0. The van der Waals surface area contributed by atoms with E-state index in [9.17, 15) is 0 Å². The summed E-state index contributed by atoms with van der Waals surface area (Å²) in [4.78, 5) is 12.3. The van der Waals surface area contributed by atoms with Gasteiger partial charge < -0.3 is 4.42 Å². The normalized spacial score (nSPS) is 11.7. The molecule has 0 aliphatic rings. The van der Waals surface area contributed by atoms with E-state index in [1.807, 2.05) is 12.4 Å². The molecular formula is C11H13N3O. The van der Waals surface area contributed by atoms with Crippen molar-refractivity contribution in [2.75, 3.05) is 0 Å². The number of aromatic nitrogens is 3. The van der Waals surface area contributed by atoms with Gasteiger partial charge >= 0.3 is 0 Å². The second-order valence-corrected chi connectivity index (χ2v) is 4.41. The molecule has 0 aliphatic heterocycles. The SMILES string of the molecule is CC(C)(C)c1cnc(-c2cnco2)nc1. The summed E-state index contributed by atoms with van der Waals surface area (Å²) in [6, 6.07) is 0. The van der Waals surface area contributed by atoms with E-state index >= 15 is 0 Å². The van der Waals surface area contributed by atoms with Crippen LogP contribution in [0.2, 0.25) is 0 Å². The molecule has 2 heterocycles. The van der Waals surface area contributed by atoms with Crippen LogP contribution in [0.1, 0.15) is 26.3 Å². The third-order valence-electron chi connectivity index (χ3n) is 2.17. The Labute approximate surface area is 88.4 Å². The van der Waals surface area contributed by atoms with Crippen molar-refractivity contribution < 1.29 is 4.42 Å². The lowest BCUT2D eigenvalue weighted by molar-refractivity contribution is 0.563. The van der Waals surface area contributed by atoms with Crippen LogP contribution in [0, 0.1) is 0 Å². The highest BCUT2D eigenvalue weighted by atomic mass is 16.3. The first kappa shape index (κ1) is 9.83. The summed E-state index contributed by atoms with van der Waals surface area (Å²) in [5.74, 6) is 1.16. The van der Waals surface area contributed by atoms with Gasteiger partial charge in [0.15, 0.2) is 18.0 Å². The Bertz CT molecular complexity index is 426. The molecule has 0 amide bonds. The second kappa shape index (κ2) is 3.46. The van der Waals surface area contributed by atoms with Crippen molar-refractivity contribution in [1.29, 1.82) is 0 Å². The Balaban J connectivity index is 2.33. The van der Waals surface area contributed by atoms with Crippen LogP contribution in [-0.2, 0) is 5.41 Å². The van der Waals surface area contributed by atoms with Crippen LogP contribution in [0.15, 0.2) is 29.4 Å². The molecule has 0 fully saturated rings. The lowest BCUT2D eigenvalue weighted by atomic mass is 9.89. The van der Waals surface area contributed by atoms with Gasteiger partial charge in [0.05, 0.1) is 6.20 Å². The van der Waals surface area contributed by atoms with Crippen LogP contribution in [0.25, 0.3) is 11.6 Å². The molecule has 0 atom stereocenters. The lowest BCUT2D eigenvalue weighted by Crippen LogP contribution is -2.12. The average molecular weight is 203 g/mol. The molecule has 78 valence electrons. The molecule has 2 aromatic heterocycles. The molecular weight excluding hydrogens is 190 g/mol. The van der Waals surface area contributed by atoms with Crippen molar-refractivity contribution in [2.24, 2.45) is 0 Å². The van der Waals surface area contributed by atoms with E-state index in [0.29, 0.717) is 11.6 Å². The summed E-state index contributed by atoms with van der Waals surface area (Å²) in [5, 5.41) is 0. The van der Waals surface area contributed by atoms with Gasteiger partial charge in [0.2, 0.25) is 0 Å². The predicted octanol–water partition coefficient (Wildman–Crippen LogP) is 2.43. The maximum atomic E-state index is 5.11. The van der Waals surface area contributed by atoms with Gasteiger partial charge in [0.25, 0.3) is 0 Å². The first-order valence-electron chi connectivity index (χ1n) is 4.79. The van der Waals surface area contributed by atoms with E-state index in [0.717, 1.165) is 5.56 Å². The van der Waals surface area contributed by atoms with Gasteiger partial charge in [-0.1, -0.05) is 20.8 Å². The number of rotatable bonds is 1. The van der Waals surface area contributed by atoms with Gasteiger partial charge in [-0.15, -0.1) is 0 Å². The van der Waals surface area contributed by atoms with Crippen LogP contribution in [0.3, 0.4) is 0 Å². The maximum Gasteiger partial charge on any atom is 0.197 e. The molecule has 0 bridgehead atoms. The molecule has 0 spiro atoms. The third-order valence-corrected chi connectivity index (χ3v) is 2.17. The van der Waals surface area contributed by atoms with Crippen molar-refractivity contribution in [3.63, 3.8) is 0 Å². The minimum atomic E-state index is 0.0694.